The van der Waals surface area contributed by atoms with Gasteiger partial charge in [-0.2, -0.15) is 0 Å². The highest BCUT2D eigenvalue weighted by molar-refractivity contribution is 5.27. The second-order valence-electron chi connectivity index (χ2n) is 3.13. The molecule has 14 heavy (non-hydrogen) atoms. The van der Waals surface area contributed by atoms with Crippen LogP contribution in [-0.2, 0) is 6.54 Å². The second-order valence-corrected chi connectivity index (χ2v) is 3.13. The summed E-state index contributed by atoms with van der Waals surface area (Å²) in [5, 5.41) is 3.34. The summed E-state index contributed by atoms with van der Waals surface area (Å²) in [7, 11) is 0. The van der Waals surface area contributed by atoms with Crippen LogP contribution in [0.2, 0.25) is 0 Å². The SMILES string of the molecule is CCCNCc1ccc(OCN)cc1. The maximum Gasteiger partial charge on any atom is 0.137 e. The van der Waals surface area contributed by atoms with Gasteiger partial charge >= 0.3 is 0 Å². The van der Waals surface area contributed by atoms with Crippen LogP contribution < -0.4 is 15.8 Å². The minimum absolute atomic E-state index is 0.230. The maximum absolute atomic E-state index is 5.26. The molecule has 0 aliphatic heterocycles. The highest BCUT2D eigenvalue weighted by Crippen LogP contribution is 2.11. The Kier molecular flexibility index (Phi) is 5.04. The van der Waals surface area contributed by atoms with Crippen molar-refractivity contribution in [2.45, 2.75) is 19.9 Å². The zero-order valence-electron chi connectivity index (χ0n) is 8.62. The molecule has 3 N–H and O–H groups in total. The van der Waals surface area contributed by atoms with Crippen molar-refractivity contribution in [2.75, 3.05) is 13.3 Å². The van der Waals surface area contributed by atoms with Crippen LogP contribution in [0.5, 0.6) is 5.75 Å². The Labute approximate surface area is 85.3 Å². The van der Waals surface area contributed by atoms with Crippen LogP contribution in [0, 0.1) is 0 Å². The van der Waals surface area contributed by atoms with Crippen molar-refractivity contribution in [3.05, 3.63) is 29.8 Å². The van der Waals surface area contributed by atoms with Crippen molar-refractivity contribution in [1.29, 1.82) is 0 Å². The van der Waals surface area contributed by atoms with E-state index in [9.17, 15) is 0 Å². The highest BCUT2D eigenvalue weighted by atomic mass is 16.5. The van der Waals surface area contributed by atoms with Crippen LogP contribution >= 0.6 is 0 Å². The monoisotopic (exact) mass is 194 g/mol. The lowest BCUT2D eigenvalue weighted by Gasteiger charge is -2.05. The molecule has 0 bridgehead atoms. The molecule has 0 aromatic heterocycles. The van der Waals surface area contributed by atoms with Gasteiger partial charge in [-0.1, -0.05) is 19.1 Å². The number of hydrogen-bond acceptors (Lipinski definition) is 3. The minimum atomic E-state index is 0.230. The first kappa shape index (κ1) is 11.0. The summed E-state index contributed by atoms with van der Waals surface area (Å²) < 4.78 is 5.14. The van der Waals surface area contributed by atoms with Gasteiger partial charge in [0.2, 0.25) is 0 Å². The molecule has 1 aromatic rings. The van der Waals surface area contributed by atoms with Gasteiger partial charge in [0.15, 0.2) is 0 Å². The van der Waals surface area contributed by atoms with Crippen LogP contribution in [0.1, 0.15) is 18.9 Å². The van der Waals surface area contributed by atoms with E-state index in [1.165, 1.54) is 5.56 Å². The van der Waals surface area contributed by atoms with Crippen LogP contribution in [0.3, 0.4) is 0 Å². The van der Waals surface area contributed by atoms with Crippen LogP contribution in [0.15, 0.2) is 24.3 Å². The Hall–Kier alpha value is -1.06. The Morgan fingerprint density at radius 2 is 2.00 bits per heavy atom. The van der Waals surface area contributed by atoms with Crippen LogP contribution in [0.4, 0.5) is 0 Å². The van der Waals surface area contributed by atoms with Crippen molar-refractivity contribution in [1.82, 2.24) is 5.32 Å². The molecule has 0 radical (unpaired) electrons. The molecule has 0 saturated carbocycles. The van der Waals surface area contributed by atoms with Crippen molar-refractivity contribution in [3.8, 4) is 5.75 Å². The first-order valence-corrected chi connectivity index (χ1v) is 4.99. The summed E-state index contributed by atoms with van der Waals surface area (Å²) in [5.41, 5.74) is 6.53. The molecule has 0 aliphatic rings. The standard InChI is InChI=1S/C11H18N2O/c1-2-7-13-8-10-3-5-11(6-4-10)14-9-12/h3-6,13H,2,7-9,12H2,1H3. The van der Waals surface area contributed by atoms with E-state index in [4.69, 9.17) is 10.5 Å². The summed E-state index contributed by atoms with van der Waals surface area (Å²) >= 11 is 0. The van der Waals surface area contributed by atoms with E-state index in [2.05, 4.69) is 12.2 Å². The van der Waals surface area contributed by atoms with Gasteiger partial charge in [-0.3, -0.25) is 5.73 Å². The van der Waals surface area contributed by atoms with Crippen molar-refractivity contribution in [2.24, 2.45) is 5.73 Å². The third-order valence-corrected chi connectivity index (χ3v) is 1.93. The lowest BCUT2D eigenvalue weighted by Crippen LogP contribution is -2.13. The highest BCUT2D eigenvalue weighted by Gasteiger charge is 1.93. The smallest absolute Gasteiger partial charge is 0.137 e. The van der Waals surface area contributed by atoms with Gasteiger partial charge in [-0.25, -0.2) is 0 Å². The third kappa shape index (κ3) is 3.77. The molecular weight excluding hydrogens is 176 g/mol. The summed E-state index contributed by atoms with van der Waals surface area (Å²) in [6, 6.07) is 7.98. The Bertz CT molecular complexity index is 246. The van der Waals surface area contributed by atoms with E-state index in [1.54, 1.807) is 0 Å². The number of ether oxygens (including phenoxy) is 1. The van der Waals surface area contributed by atoms with Crippen molar-refractivity contribution < 1.29 is 4.74 Å². The predicted molar refractivity (Wildman–Crippen MR) is 58.1 cm³/mol. The first-order valence-electron chi connectivity index (χ1n) is 4.99. The van der Waals surface area contributed by atoms with E-state index in [1.807, 2.05) is 24.3 Å². The lowest BCUT2D eigenvalue weighted by molar-refractivity contribution is 0.329. The summed E-state index contributed by atoms with van der Waals surface area (Å²) in [4.78, 5) is 0. The van der Waals surface area contributed by atoms with E-state index < -0.39 is 0 Å². The lowest BCUT2D eigenvalue weighted by atomic mass is 10.2. The van der Waals surface area contributed by atoms with E-state index in [-0.39, 0.29) is 6.73 Å². The number of hydrogen-bond donors (Lipinski definition) is 2. The summed E-state index contributed by atoms with van der Waals surface area (Å²) in [6.45, 7) is 4.36. The summed E-state index contributed by atoms with van der Waals surface area (Å²) in [6.07, 6.45) is 1.16. The minimum Gasteiger partial charge on any atom is -0.479 e. The Morgan fingerprint density at radius 1 is 1.29 bits per heavy atom. The second kappa shape index (κ2) is 6.40. The van der Waals surface area contributed by atoms with Gasteiger partial charge in [-0.05, 0) is 30.7 Å². The molecule has 0 fully saturated rings. The molecule has 78 valence electrons. The number of rotatable bonds is 6. The number of nitrogens with one attached hydrogen (secondary N) is 1. The fourth-order valence-electron chi connectivity index (χ4n) is 1.21. The maximum atomic E-state index is 5.26. The molecule has 0 unspecified atom stereocenters. The zero-order valence-corrected chi connectivity index (χ0v) is 8.62. The van der Waals surface area contributed by atoms with Crippen molar-refractivity contribution in [3.63, 3.8) is 0 Å². The molecule has 0 heterocycles. The van der Waals surface area contributed by atoms with E-state index >= 15 is 0 Å². The molecule has 0 aliphatic carbocycles. The molecular formula is C11H18N2O. The normalized spacial score (nSPS) is 10.1. The average Bonchev–Trinajstić information content (AvgIpc) is 2.21. The average molecular weight is 194 g/mol. The topological polar surface area (TPSA) is 47.3 Å². The quantitative estimate of drug-likeness (QED) is 0.532. The molecule has 3 heteroatoms. The van der Waals surface area contributed by atoms with Gasteiger partial charge < -0.3 is 10.1 Å². The van der Waals surface area contributed by atoms with E-state index in [0.29, 0.717) is 0 Å². The zero-order chi connectivity index (χ0) is 10.2. The van der Waals surface area contributed by atoms with Crippen LogP contribution in [0.25, 0.3) is 0 Å². The van der Waals surface area contributed by atoms with Gasteiger partial charge in [0, 0.05) is 6.54 Å². The molecule has 1 aromatic carbocycles. The summed E-state index contributed by atoms with van der Waals surface area (Å²) in [5.74, 6) is 0.826. The molecule has 0 saturated heterocycles. The number of nitrogens with two attached hydrogens (primary N) is 1. The fraction of sp³-hybridized carbons (Fsp3) is 0.455. The Balaban J connectivity index is 2.38. The fourth-order valence-corrected chi connectivity index (χ4v) is 1.21. The van der Waals surface area contributed by atoms with Gasteiger partial charge in [0.05, 0.1) is 0 Å². The first-order chi connectivity index (χ1) is 6.86. The molecule has 0 spiro atoms. The molecule has 0 atom stereocenters. The van der Waals surface area contributed by atoms with Gasteiger partial charge in [-0.15, -0.1) is 0 Å². The van der Waals surface area contributed by atoms with Gasteiger partial charge in [0.1, 0.15) is 12.5 Å². The predicted octanol–water partition coefficient (Wildman–Crippen LogP) is 1.48. The van der Waals surface area contributed by atoms with Crippen LogP contribution in [-0.4, -0.2) is 13.3 Å². The molecule has 1 rings (SSSR count). The van der Waals surface area contributed by atoms with Crippen molar-refractivity contribution >= 4 is 0 Å². The largest absolute Gasteiger partial charge is 0.479 e. The third-order valence-electron chi connectivity index (χ3n) is 1.93. The van der Waals surface area contributed by atoms with Gasteiger partial charge in [0.25, 0.3) is 0 Å². The molecule has 3 nitrogen and oxygen atoms in total. The van der Waals surface area contributed by atoms with E-state index in [0.717, 1.165) is 25.3 Å². The number of benzene rings is 1. The molecule has 0 amide bonds. The Morgan fingerprint density at radius 3 is 2.57 bits per heavy atom.